The van der Waals surface area contributed by atoms with Crippen molar-refractivity contribution in [2.75, 3.05) is 0 Å². The van der Waals surface area contributed by atoms with Crippen molar-refractivity contribution in [2.45, 2.75) is 44.9 Å². The molecule has 0 aliphatic carbocycles. The smallest absolute Gasteiger partial charge is 0.319 e. The van der Waals surface area contributed by atoms with Gasteiger partial charge in [-0.15, -0.1) is 10.2 Å². The Morgan fingerprint density at radius 2 is 1.94 bits per heavy atom. The van der Waals surface area contributed by atoms with Crippen LogP contribution in [0.15, 0.2) is 0 Å². The van der Waals surface area contributed by atoms with E-state index in [0.717, 1.165) is 0 Å². The number of nitrogens with zero attached hydrogens (tertiary/aromatic N) is 3. The molecule has 0 fully saturated rings. The third-order valence-electron chi connectivity index (χ3n) is 2.99. The second kappa shape index (κ2) is 3.69. The molecule has 0 aromatic carbocycles. The summed E-state index contributed by atoms with van der Waals surface area (Å²) >= 11 is 0. The molecule has 1 aliphatic heterocycles. The van der Waals surface area contributed by atoms with Gasteiger partial charge in [-0.3, -0.25) is 0 Å². The van der Waals surface area contributed by atoms with Crippen LogP contribution in [0.4, 0.5) is 13.2 Å². The lowest BCUT2D eigenvalue weighted by atomic mass is 9.97. The molecule has 17 heavy (non-hydrogen) atoms. The topological polar surface area (TPSA) is 56.7 Å². The molecule has 0 saturated carbocycles. The Hall–Kier alpha value is -1.11. The number of fused-ring (bicyclic) bond motifs is 1. The second-order valence-corrected chi connectivity index (χ2v) is 5.05. The van der Waals surface area contributed by atoms with Gasteiger partial charge in [-0.05, 0) is 20.3 Å². The summed E-state index contributed by atoms with van der Waals surface area (Å²) in [7, 11) is 0. The Morgan fingerprint density at radius 1 is 1.29 bits per heavy atom. The molecule has 0 amide bonds. The van der Waals surface area contributed by atoms with E-state index in [-0.39, 0.29) is 13.0 Å². The summed E-state index contributed by atoms with van der Waals surface area (Å²) < 4.78 is 39.6. The maximum Gasteiger partial charge on any atom is 0.393 e. The first-order valence-corrected chi connectivity index (χ1v) is 5.48. The Kier molecular flexibility index (Phi) is 2.68. The summed E-state index contributed by atoms with van der Waals surface area (Å²) in [6.45, 7) is 3.30. The van der Waals surface area contributed by atoms with Crippen molar-refractivity contribution in [1.82, 2.24) is 14.8 Å². The number of aryl methyl sites for hydroxylation is 1. The average molecular weight is 248 g/mol. The van der Waals surface area contributed by atoms with Crippen LogP contribution in [-0.2, 0) is 18.5 Å². The van der Waals surface area contributed by atoms with Crippen molar-refractivity contribution in [3.05, 3.63) is 11.6 Å². The normalized spacial score (nSPS) is 21.4. The van der Waals surface area contributed by atoms with Crippen molar-refractivity contribution < 1.29 is 13.2 Å². The zero-order valence-corrected chi connectivity index (χ0v) is 9.75. The van der Waals surface area contributed by atoms with Gasteiger partial charge in [0.2, 0.25) is 0 Å². The molecule has 2 heterocycles. The minimum atomic E-state index is -4.17. The Labute approximate surface area is 97.0 Å². The van der Waals surface area contributed by atoms with Crippen LogP contribution in [0, 0.1) is 5.92 Å². The quantitative estimate of drug-likeness (QED) is 0.821. The predicted molar refractivity (Wildman–Crippen MR) is 55.1 cm³/mol. The molecule has 0 spiro atoms. The molecular weight excluding hydrogens is 233 g/mol. The fourth-order valence-electron chi connectivity index (χ4n) is 2.07. The molecule has 2 N–H and O–H groups in total. The third-order valence-corrected chi connectivity index (χ3v) is 2.99. The number of alkyl halides is 3. The lowest BCUT2D eigenvalue weighted by Crippen LogP contribution is -2.37. The molecule has 2 rings (SSSR count). The first kappa shape index (κ1) is 12.3. The Balaban J connectivity index is 2.33. The summed E-state index contributed by atoms with van der Waals surface area (Å²) in [5.74, 6) is -0.312. The highest BCUT2D eigenvalue weighted by Crippen LogP contribution is 2.35. The molecular formula is C10H15F3N4. The lowest BCUT2D eigenvalue weighted by molar-refractivity contribution is -0.182. The molecule has 1 unspecified atom stereocenters. The van der Waals surface area contributed by atoms with Gasteiger partial charge in [0, 0.05) is 13.0 Å². The molecule has 1 aliphatic rings. The first-order valence-electron chi connectivity index (χ1n) is 5.48. The molecule has 1 aromatic heterocycles. The number of halogens is 3. The molecule has 0 bridgehead atoms. The van der Waals surface area contributed by atoms with E-state index in [1.807, 2.05) is 0 Å². The molecule has 1 atom stereocenters. The summed E-state index contributed by atoms with van der Waals surface area (Å²) in [5.41, 5.74) is 5.10. The Bertz CT molecular complexity index is 416. The van der Waals surface area contributed by atoms with E-state index in [9.17, 15) is 13.2 Å². The van der Waals surface area contributed by atoms with Crippen molar-refractivity contribution >= 4 is 0 Å². The number of hydrogen-bond donors (Lipinski definition) is 1. The van der Waals surface area contributed by atoms with Crippen LogP contribution < -0.4 is 5.73 Å². The van der Waals surface area contributed by atoms with E-state index in [0.29, 0.717) is 18.1 Å². The second-order valence-electron chi connectivity index (χ2n) is 5.05. The van der Waals surface area contributed by atoms with Gasteiger partial charge in [0.1, 0.15) is 5.82 Å². The van der Waals surface area contributed by atoms with Crippen LogP contribution >= 0.6 is 0 Å². The summed E-state index contributed by atoms with van der Waals surface area (Å²) in [6, 6.07) is 0. The zero-order chi connectivity index (χ0) is 12.8. The van der Waals surface area contributed by atoms with Crippen molar-refractivity contribution in [2.24, 2.45) is 11.7 Å². The van der Waals surface area contributed by atoms with Gasteiger partial charge < -0.3 is 10.3 Å². The average Bonchev–Trinajstić information content (AvgIpc) is 2.57. The van der Waals surface area contributed by atoms with Crippen LogP contribution in [0.2, 0.25) is 0 Å². The fraction of sp³-hybridized carbons (Fsp3) is 0.800. The van der Waals surface area contributed by atoms with E-state index in [1.165, 1.54) is 4.57 Å². The predicted octanol–water partition coefficient (Wildman–Crippen LogP) is 1.60. The van der Waals surface area contributed by atoms with Crippen molar-refractivity contribution in [3.63, 3.8) is 0 Å². The third kappa shape index (κ3) is 2.29. The van der Waals surface area contributed by atoms with Crippen LogP contribution in [0.1, 0.15) is 31.9 Å². The summed E-state index contributed by atoms with van der Waals surface area (Å²) in [4.78, 5) is 0. The first-order chi connectivity index (χ1) is 7.69. The van der Waals surface area contributed by atoms with E-state index < -0.39 is 17.6 Å². The van der Waals surface area contributed by atoms with Crippen LogP contribution in [0.5, 0.6) is 0 Å². The van der Waals surface area contributed by atoms with Crippen LogP contribution in [-0.4, -0.2) is 20.9 Å². The highest BCUT2D eigenvalue weighted by atomic mass is 19.4. The number of nitrogens with two attached hydrogens (primary N) is 1. The highest BCUT2D eigenvalue weighted by molar-refractivity contribution is 5.08. The number of hydrogen-bond acceptors (Lipinski definition) is 3. The molecule has 1 aromatic rings. The largest absolute Gasteiger partial charge is 0.393 e. The standard InChI is InChI=1S/C10H15F3N4/c1-9(2,14)8-16-15-7-4-3-6(5-17(7)8)10(11,12)13/h6H,3-5,14H2,1-2H3. The minimum absolute atomic E-state index is 0.0760. The highest BCUT2D eigenvalue weighted by Gasteiger charge is 2.43. The number of aromatic nitrogens is 3. The van der Waals surface area contributed by atoms with Crippen LogP contribution in [0.3, 0.4) is 0 Å². The maximum absolute atomic E-state index is 12.7. The van der Waals surface area contributed by atoms with Gasteiger partial charge in [0.05, 0.1) is 11.5 Å². The molecule has 0 saturated heterocycles. The number of rotatable bonds is 1. The monoisotopic (exact) mass is 248 g/mol. The zero-order valence-electron chi connectivity index (χ0n) is 9.75. The molecule has 96 valence electrons. The molecule has 4 nitrogen and oxygen atoms in total. The fourth-order valence-corrected chi connectivity index (χ4v) is 2.07. The Morgan fingerprint density at radius 3 is 2.47 bits per heavy atom. The summed E-state index contributed by atoms with van der Waals surface area (Å²) in [6.07, 6.45) is -3.79. The van der Waals surface area contributed by atoms with E-state index in [1.54, 1.807) is 13.8 Å². The van der Waals surface area contributed by atoms with Crippen molar-refractivity contribution in [1.29, 1.82) is 0 Å². The van der Waals surface area contributed by atoms with Gasteiger partial charge in [0.25, 0.3) is 0 Å². The van der Waals surface area contributed by atoms with Gasteiger partial charge in [-0.1, -0.05) is 0 Å². The SMILES string of the molecule is CC(C)(N)c1nnc2n1CC(C(F)(F)F)CC2. The van der Waals surface area contributed by atoms with Gasteiger partial charge in [-0.25, -0.2) is 0 Å². The van der Waals surface area contributed by atoms with Gasteiger partial charge >= 0.3 is 6.18 Å². The van der Waals surface area contributed by atoms with Crippen molar-refractivity contribution in [3.8, 4) is 0 Å². The van der Waals surface area contributed by atoms with E-state index in [2.05, 4.69) is 10.2 Å². The summed E-state index contributed by atoms with van der Waals surface area (Å²) in [5, 5.41) is 7.81. The molecule has 7 heteroatoms. The minimum Gasteiger partial charge on any atom is -0.319 e. The molecule has 0 radical (unpaired) electrons. The lowest BCUT2D eigenvalue weighted by Gasteiger charge is -2.28. The maximum atomic E-state index is 12.7. The van der Waals surface area contributed by atoms with Crippen LogP contribution in [0.25, 0.3) is 0 Å². The van der Waals surface area contributed by atoms with Gasteiger partial charge in [0.15, 0.2) is 5.82 Å². The van der Waals surface area contributed by atoms with E-state index >= 15 is 0 Å². The van der Waals surface area contributed by atoms with Gasteiger partial charge in [-0.2, -0.15) is 13.2 Å². The van der Waals surface area contributed by atoms with E-state index in [4.69, 9.17) is 5.73 Å².